The molecule has 3 rings (SSSR count). The molecule has 0 spiro atoms. The van der Waals surface area contributed by atoms with Crippen LogP contribution in [-0.2, 0) is 23.6 Å². The van der Waals surface area contributed by atoms with Crippen molar-refractivity contribution in [2.24, 2.45) is 7.05 Å². The smallest absolute Gasteiger partial charge is 0.270 e. The largest absolute Gasteiger partial charge is 0.457 e. The van der Waals surface area contributed by atoms with E-state index in [0.717, 1.165) is 10.0 Å². The summed E-state index contributed by atoms with van der Waals surface area (Å²) in [5.74, 6) is 0.715. The molecule has 3 aromatic rings. The van der Waals surface area contributed by atoms with Crippen molar-refractivity contribution in [3.8, 4) is 11.5 Å². The van der Waals surface area contributed by atoms with Crippen molar-refractivity contribution in [1.29, 1.82) is 0 Å². The maximum Gasteiger partial charge on any atom is 0.270 e. The average molecular weight is 603 g/mol. The first-order valence-corrected chi connectivity index (χ1v) is 13.8. The van der Waals surface area contributed by atoms with Crippen molar-refractivity contribution < 1.29 is 17.9 Å². The van der Waals surface area contributed by atoms with Crippen LogP contribution in [0.15, 0.2) is 58.0 Å². The number of halogens is 3. The summed E-state index contributed by atoms with van der Waals surface area (Å²) < 4.78 is 35.5. The number of nitrogens with zero attached hydrogens (tertiary/aromatic N) is 3. The molecule has 1 heterocycles. The Morgan fingerprint density at radius 3 is 2.37 bits per heavy atom. The lowest BCUT2D eigenvalue weighted by Gasteiger charge is -2.20. The number of rotatable bonds is 9. The molecule has 1 amide bonds. The number of aromatic nitrogens is 1. The van der Waals surface area contributed by atoms with Crippen LogP contribution >= 0.6 is 39.1 Å². The quantitative estimate of drug-likeness (QED) is 0.293. The summed E-state index contributed by atoms with van der Waals surface area (Å²) in [6, 6.07) is 11.9. The van der Waals surface area contributed by atoms with Crippen molar-refractivity contribution in [2.45, 2.75) is 25.3 Å². The zero-order valence-corrected chi connectivity index (χ0v) is 23.7. The van der Waals surface area contributed by atoms with E-state index in [2.05, 4.69) is 15.9 Å². The summed E-state index contributed by atoms with van der Waals surface area (Å²) >= 11 is 15.6. The van der Waals surface area contributed by atoms with Crippen LogP contribution < -0.4 is 4.74 Å². The lowest BCUT2D eigenvalue weighted by Crippen LogP contribution is -2.30. The second kappa shape index (κ2) is 11.3. The van der Waals surface area contributed by atoms with Crippen molar-refractivity contribution >= 4 is 55.1 Å². The molecule has 0 N–H and O–H groups in total. The van der Waals surface area contributed by atoms with Crippen LogP contribution in [0.4, 0.5) is 0 Å². The van der Waals surface area contributed by atoms with Gasteiger partial charge in [0.15, 0.2) is 0 Å². The van der Waals surface area contributed by atoms with E-state index in [1.54, 1.807) is 52.2 Å². The average Bonchev–Trinajstić information content (AvgIpc) is 3.20. The molecule has 0 atom stereocenters. The van der Waals surface area contributed by atoms with Crippen LogP contribution in [0.1, 0.15) is 29.9 Å². The minimum atomic E-state index is -3.68. The number of sulfonamides is 1. The number of amides is 1. The van der Waals surface area contributed by atoms with Crippen LogP contribution in [0.2, 0.25) is 10.0 Å². The summed E-state index contributed by atoms with van der Waals surface area (Å²) in [5.41, 5.74) is 1.02. The normalized spacial score (nSPS) is 11.7. The van der Waals surface area contributed by atoms with Crippen LogP contribution in [-0.4, -0.2) is 48.2 Å². The third kappa shape index (κ3) is 6.21. The van der Waals surface area contributed by atoms with Gasteiger partial charge in [-0.3, -0.25) is 4.79 Å². The van der Waals surface area contributed by atoms with Crippen LogP contribution in [0.3, 0.4) is 0 Å². The standard InChI is InChI=1S/C24H26BrCl2N3O4S/c1-5-30(6-2)35(32,33)19-13-22(28(3)15-19)24(31)29(4)14-16-7-8-17(25)11-23(16)34-18-9-10-20(26)21(27)12-18/h7-13,15H,5-6,14H2,1-4H3. The number of aryl methyl sites for hydroxylation is 1. The number of carbonyl (C=O) groups excluding carboxylic acids is 1. The Hall–Kier alpha value is -2.04. The third-order valence-electron chi connectivity index (χ3n) is 5.44. The minimum Gasteiger partial charge on any atom is -0.457 e. The summed E-state index contributed by atoms with van der Waals surface area (Å²) in [6.45, 7) is 4.48. The van der Waals surface area contributed by atoms with Crippen LogP contribution in [0.5, 0.6) is 11.5 Å². The first kappa shape index (κ1) is 27.5. The van der Waals surface area contributed by atoms with Gasteiger partial charge in [-0.1, -0.05) is 59.0 Å². The van der Waals surface area contributed by atoms with Gasteiger partial charge in [-0.25, -0.2) is 8.42 Å². The second-order valence-corrected chi connectivity index (χ2v) is 11.5. The van der Waals surface area contributed by atoms with E-state index in [4.69, 9.17) is 27.9 Å². The zero-order chi connectivity index (χ0) is 25.9. The lowest BCUT2D eigenvalue weighted by molar-refractivity contribution is 0.0775. The Balaban J connectivity index is 1.85. The molecule has 2 aromatic carbocycles. The maximum atomic E-state index is 13.3. The molecular formula is C24H26BrCl2N3O4S. The highest BCUT2D eigenvalue weighted by Crippen LogP contribution is 2.33. The molecule has 35 heavy (non-hydrogen) atoms. The fourth-order valence-corrected chi connectivity index (χ4v) is 5.70. The summed E-state index contributed by atoms with van der Waals surface area (Å²) in [4.78, 5) is 14.9. The number of ether oxygens (including phenoxy) is 1. The summed E-state index contributed by atoms with van der Waals surface area (Å²) in [6.07, 6.45) is 1.47. The highest BCUT2D eigenvalue weighted by molar-refractivity contribution is 9.10. The predicted octanol–water partition coefficient (Wildman–Crippen LogP) is 6.19. The molecule has 11 heteroatoms. The number of hydrogen-bond donors (Lipinski definition) is 0. The van der Waals surface area contributed by atoms with Crippen LogP contribution in [0.25, 0.3) is 0 Å². The van der Waals surface area contributed by atoms with Gasteiger partial charge in [-0.05, 0) is 30.3 Å². The molecule has 0 radical (unpaired) electrons. The third-order valence-corrected chi connectivity index (χ3v) is 8.69. The molecule has 0 aliphatic heterocycles. The first-order valence-electron chi connectivity index (χ1n) is 10.8. The topological polar surface area (TPSA) is 71.8 Å². The van der Waals surface area contributed by atoms with E-state index in [1.165, 1.54) is 26.0 Å². The molecular weight excluding hydrogens is 577 g/mol. The van der Waals surface area contributed by atoms with Crippen molar-refractivity contribution in [1.82, 2.24) is 13.8 Å². The Kier molecular flexibility index (Phi) is 8.93. The summed E-state index contributed by atoms with van der Waals surface area (Å²) in [7, 11) is -0.372. The van der Waals surface area contributed by atoms with E-state index in [-0.39, 0.29) is 23.0 Å². The highest BCUT2D eigenvalue weighted by atomic mass is 79.9. The molecule has 0 bridgehead atoms. The van der Waals surface area contributed by atoms with Gasteiger partial charge in [0.25, 0.3) is 5.91 Å². The molecule has 0 saturated heterocycles. The molecule has 7 nitrogen and oxygen atoms in total. The molecule has 0 fully saturated rings. The second-order valence-electron chi connectivity index (χ2n) is 7.85. The van der Waals surface area contributed by atoms with E-state index < -0.39 is 10.0 Å². The van der Waals surface area contributed by atoms with Gasteiger partial charge in [-0.15, -0.1) is 0 Å². The molecule has 0 unspecified atom stereocenters. The first-order chi connectivity index (χ1) is 16.5. The molecule has 0 saturated carbocycles. The Bertz CT molecular complexity index is 1340. The number of carbonyl (C=O) groups is 1. The number of benzene rings is 2. The summed E-state index contributed by atoms with van der Waals surface area (Å²) in [5, 5.41) is 0.788. The molecule has 188 valence electrons. The maximum absolute atomic E-state index is 13.3. The molecule has 0 aliphatic rings. The van der Waals surface area contributed by atoms with E-state index in [9.17, 15) is 13.2 Å². The fourth-order valence-electron chi connectivity index (χ4n) is 3.54. The Morgan fingerprint density at radius 1 is 1.06 bits per heavy atom. The van der Waals surface area contributed by atoms with E-state index in [0.29, 0.717) is 34.6 Å². The zero-order valence-electron chi connectivity index (χ0n) is 19.8. The Morgan fingerprint density at radius 2 is 1.74 bits per heavy atom. The van der Waals surface area contributed by atoms with E-state index >= 15 is 0 Å². The predicted molar refractivity (Wildman–Crippen MR) is 142 cm³/mol. The fraction of sp³-hybridized carbons (Fsp3) is 0.292. The minimum absolute atomic E-state index is 0.0905. The van der Waals surface area contributed by atoms with Crippen molar-refractivity contribution in [3.05, 3.63) is 74.4 Å². The Labute approximate surface area is 224 Å². The number of hydrogen-bond acceptors (Lipinski definition) is 4. The van der Waals surface area contributed by atoms with Crippen molar-refractivity contribution in [3.63, 3.8) is 0 Å². The SMILES string of the molecule is CCN(CC)S(=O)(=O)c1cc(C(=O)N(C)Cc2ccc(Br)cc2Oc2ccc(Cl)c(Cl)c2)n(C)c1. The van der Waals surface area contributed by atoms with Gasteiger partial charge >= 0.3 is 0 Å². The van der Waals surface area contributed by atoms with Gasteiger partial charge in [0.05, 0.1) is 10.0 Å². The van der Waals surface area contributed by atoms with E-state index in [1.807, 2.05) is 12.1 Å². The van der Waals surface area contributed by atoms with Gasteiger partial charge in [0, 0.05) is 56.0 Å². The van der Waals surface area contributed by atoms with Gasteiger partial charge in [0.2, 0.25) is 10.0 Å². The van der Waals surface area contributed by atoms with Gasteiger partial charge in [-0.2, -0.15) is 4.31 Å². The van der Waals surface area contributed by atoms with Crippen LogP contribution in [0, 0.1) is 0 Å². The van der Waals surface area contributed by atoms with Crippen molar-refractivity contribution in [2.75, 3.05) is 20.1 Å². The van der Waals surface area contributed by atoms with Gasteiger partial charge in [0.1, 0.15) is 22.1 Å². The highest BCUT2D eigenvalue weighted by Gasteiger charge is 2.26. The molecule has 0 aliphatic carbocycles. The molecule has 1 aromatic heterocycles. The monoisotopic (exact) mass is 601 g/mol. The lowest BCUT2D eigenvalue weighted by atomic mass is 10.2. The van der Waals surface area contributed by atoms with Gasteiger partial charge < -0.3 is 14.2 Å².